The Bertz CT molecular complexity index is 839. The summed E-state index contributed by atoms with van der Waals surface area (Å²) in [6, 6.07) is 15.9. The van der Waals surface area contributed by atoms with Crippen LogP contribution in [0.2, 0.25) is 0 Å². The average molecular weight is 433 g/mol. The van der Waals surface area contributed by atoms with E-state index in [1.165, 1.54) is 37.5 Å². The number of hydrogen-bond donors (Lipinski definition) is 3. The molecule has 0 amide bonds. The third-order valence-corrected chi connectivity index (χ3v) is 5.88. The average Bonchev–Trinajstić information content (AvgIpc) is 2.70. The lowest BCUT2D eigenvalue weighted by atomic mass is 10.1. The van der Waals surface area contributed by atoms with E-state index in [0.717, 1.165) is 44.6 Å². The van der Waals surface area contributed by atoms with Gasteiger partial charge in [0.1, 0.15) is 5.75 Å². The normalized spacial score (nSPS) is 11.6. The molecular weight excluding hydrogens is 396 g/mol. The molecule has 0 radical (unpaired) electrons. The largest absolute Gasteiger partial charge is 0.508 e. The van der Waals surface area contributed by atoms with Crippen molar-refractivity contribution in [1.29, 1.82) is 0 Å². The summed E-state index contributed by atoms with van der Waals surface area (Å²) in [6.07, 6.45) is 7.94. The summed E-state index contributed by atoms with van der Waals surface area (Å²) in [5.41, 5.74) is 2.86. The van der Waals surface area contributed by atoms with E-state index >= 15 is 0 Å². The van der Waals surface area contributed by atoms with Crippen LogP contribution in [0.5, 0.6) is 5.75 Å². The van der Waals surface area contributed by atoms with Gasteiger partial charge in [0, 0.05) is 11.8 Å². The second kappa shape index (κ2) is 13.4. The molecule has 0 aliphatic carbocycles. The molecule has 0 bridgehead atoms. The van der Waals surface area contributed by atoms with E-state index in [4.69, 9.17) is 0 Å². The number of unbranched alkanes of at least 4 members (excludes halogenated alkanes) is 3. The molecule has 3 N–H and O–H groups in total. The number of rotatable bonds is 15. The molecule has 166 valence electrons. The maximum atomic E-state index is 11.4. The number of nitrogens with one attached hydrogen (secondary N) is 2. The van der Waals surface area contributed by atoms with Gasteiger partial charge in [-0.05, 0) is 69.1 Å². The van der Waals surface area contributed by atoms with E-state index in [1.54, 1.807) is 12.1 Å². The molecule has 0 aliphatic rings. The Kier molecular flexibility index (Phi) is 10.9. The Morgan fingerprint density at radius 2 is 1.37 bits per heavy atom. The van der Waals surface area contributed by atoms with Gasteiger partial charge < -0.3 is 15.7 Å². The van der Waals surface area contributed by atoms with Gasteiger partial charge in [0.2, 0.25) is 0 Å². The van der Waals surface area contributed by atoms with Crippen molar-refractivity contribution in [3.05, 3.63) is 65.2 Å². The van der Waals surface area contributed by atoms with E-state index in [0.29, 0.717) is 5.56 Å². The van der Waals surface area contributed by atoms with Crippen molar-refractivity contribution in [2.45, 2.75) is 44.3 Å². The predicted molar refractivity (Wildman–Crippen MR) is 125 cm³/mol. The van der Waals surface area contributed by atoms with Crippen LogP contribution in [0.25, 0.3) is 0 Å². The molecule has 0 atom stereocenters. The van der Waals surface area contributed by atoms with Gasteiger partial charge in [0.25, 0.3) is 0 Å². The van der Waals surface area contributed by atoms with Crippen LogP contribution in [-0.2, 0) is 28.4 Å². The second-order valence-electron chi connectivity index (χ2n) is 7.93. The minimum Gasteiger partial charge on any atom is -0.508 e. The molecular formula is C24H36N2O3S. The van der Waals surface area contributed by atoms with Crippen molar-refractivity contribution >= 4 is 9.84 Å². The Morgan fingerprint density at radius 3 is 1.93 bits per heavy atom. The third-order valence-electron chi connectivity index (χ3n) is 5.05. The van der Waals surface area contributed by atoms with Crippen molar-refractivity contribution in [3.8, 4) is 5.75 Å². The molecule has 0 aromatic heterocycles. The molecule has 5 nitrogen and oxygen atoms in total. The zero-order chi connectivity index (χ0) is 21.7. The number of aromatic hydroxyl groups is 1. The van der Waals surface area contributed by atoms with Gasteiger partial charge in [-0.2, -0.15) is 0 Å². The fourth-order valence-electron chi connectivity index (χ4n) is 3.38. The maximum absolute atomic E-state index is 11.4. The summed E-state index contributed by atoms with van der Waals surface area (Å²) in [5, 5.41) is 17.0. The minimum absolute atomic E-state index is 0.0651. The highest BCUT2D eigenvalue weighted by atomic mass is 32.2. The number of hydrogen-bond acceptors (Lipinski definition) is 5. The van der Waals surface area contributed by atoms with Crippen LogP contribution < -0.4 is 10.6 Å². The van der Waals surface area contributed by atoms with Gasteiger partial charge in [-0.15, -0.1) is 0 Å². The number of benzene rings is 2. The van der Waals surface area contributed by atoms with Crippen LogP contribution in [0.1, 0.15) is 42.4 Å². The van der Waals surface area contributed by atoms with Crippen molar-refractivity contribution in [2.24, 2.45) is 0 Å². The van der Waals surface area contributed by atoms with Gasteiger partial charge in [0.05, 0.1) is 5.75 Å². The standard InChI is InChI=1S/C24H36N2O3S/c1-30(28,29)20-23-12-11-22(19-24(23)27)14-18-26-16-8-3-2-7-15-25-17-13-21-9-5-4-6-10-21/h4-6,9-12,19,25-27H,2-3,7-8,13-18,20H2,1H3. The van der Waals surface area contributed by atoms with Crippen LogP contribution in [0.3, 0.4) is 0 Å². The minimum atomic E-state index is -3.14. The zero-order valence-corrected chi connectivity index (χ0v) is 18.9. The molecule has 0 aliphatic heterocycles. The highest BCUT2D eigenvalue weighted by Crippen LogP contribution is 2.21. The lowest BCUT2D eigenvalue weighted by molar-refractivity contribution is 0.469. The molecule has 0 fully saturated rings. The molecule has 0 unspecified atom stereocenters. The Morgan fingerprint density at radius 1 is 0.767 bits per heavy atom. The van der Waals surface area contributed by atoms with Crippen LogP contribution in [0.4, 0.5) is 0 Å². The summed E-state index contributed by atoms with van der Waals surface area (Å²) in [5.74, 6) is -0.0600. The van der Waals surface area contributed by atoms with Gasteiger partial charge in [-0.3, -0.25) is 0 Å². The summed E-state index contributed by atoms with van der Waals surface area (Å²) in [4.78, 5) is 0. The smallest absolute Gasteiger partial charge is 0.151 e. The molecule has 30 heavy (non-hydrogen) atoms. The Hall–Kier alpha value is -1.89. The van der Waals surface area contributed by atoms with Crippen molar-refractivity contribution < 1.29 is 13.5 Å². The summed E-state index contributed by atoms with van der Waals surface area (Å²) < 4.78 is 22.7. The van der Waals surface area contributed by atoms with E-state index in [9.17, 15) is 13.5 Å². The zero-order valence-electron chi connectivity index (χ0n) is 18.1. The van der Waals surface area contributed by atoms with Crippen LogP contribution in [0.15, 0.2) is 48.5 Å². The third kappa shape index (κ3) is 10.8. The number of sulfone groups is 1. The van der Waals surface area contributed by atoms with Crippen LogP contribution in [0, 0.1) is 0 Å². The lowest BCUT2D eigenvalue weighted by Gasteiger charge is -2.08. The Balaban J connectivity index is 1.44. The summed E-state index contributed by atoms with van der Waals surface area (Å²) >= 11 is 0. The van der Waals surface area contributed by atoms with Crippen LogP contribution >= 0.6 is 0 Å². The first kappa shape index (κ1) is 24.4. The van der Waals surface area contributed by atoms with Crippen molar-refractivity contribution in [1.82, 2.24) is 10.6 Å². The fraction of sp³-hybridized carbons (Fsp3) is 0.500. The maximum Gasteiger partial charge on any atom is 0.151 e. The van der Waals surface area contributed by atoms with Crippen molar-refractivity contribution in [2.75, 3.05) is 32.4 Å². The van der Waals surface area contributed by atoms with E-state index in [-0.39, 0.29) is 11.5 Å². The molecule has 0 heterocycles. The Labute approximate surface area is 181 Å². The van der Waals surface area contributed by atoms with Crippen molar-refractivity contribution in [3.63, 3.8) is 0 Å². The highest BCUT2D eigenvalue weighted by molar-refractivity contribution is 7.89. The monoisotopic (exact) mass is 432 g/mol. The molecule has 0 spiro atoms. The molecule has 2 aromatic carbocycles. The molecule has 2 rings (SSSR count). The van der Waals surface area contributed by atoms with Crippen LogP contribution in [-0.4, -0.2) is 46.0 Å². The van der Waals surface area contributed by atoms with Gasteiger partial charge >= 0.3 is 0 Å². The quantitative estimate of drug-likeness (QED) is 0.376. The second-order valence-corrected chi connectivity index (χ2v) is 10.1. The first-order chi connectivity index (χ1) is 14.4. The topological polar surface area (TPSA) is 78.4 Å². The first-order valence-corrected chi connectivity index (χ1v) is 12.9. The number of phenolic OH excluding ortho intramolecular Hbond substituents is 1. The summed E-state index contributed by atoms with van der Waals surface area (Å²) in [6.45, 7) is 3.97. The van der Waals surface area contributed by atoms with E-state index < -0.39 is 9.84 Å². The molecule has 0 saturated heterocycles. The van der Waals surface area contributed by atoms with E-state index in [1.807, 2.05) is 6.07 Å². The molecule has 6 heteroatoms. The molecule has 0 saturated carbocycles. The lowest BCUT2D eigenvalue weighted by Crippen LogP contribution is -2.19. The SMILES string of the molecule is CS(=O)(=O)Cc1ccc(CCNCCCCCCNCCc2ccccc2)cc1O. The fourth-order valence-corrected chi connectivity index (χ4v) is 4.19. The first-order valence-electron chi connectivity index (χ1n) is 10.9. The molecule has 2 aromatic rings. The predicted octanol–water partition coefficient (Wildman–Crippen LogP) is 3.46. The van der Waals surface area contributed by atoms with Gasteiger partial charge in [-0.1, -0.05) is 55.3 Å². The summed E-state index contributed by atoms with van der Waals surface area (Å²) in [7, 11) is -3.14. The van der Waals surface area contributed by atoms with Gasteiger partial charge in [-0.25, -0.2) is 8.42 Å². The van der Waals surface area contributed by atoms with Gasteiger partial charge in [0.15, 0.2) is 9.84 Å². The van der Waals surface area contributed by atoms with E-state index in [2.05, 4.69) is 41.0 Å². The highest BCUT2D eigenvalue weighted by Gasteiger charge is 2.09. The number of phenols is 1.